The first kappa shape index (κ1) is 19.6. The molecule has 0 N–H and O–H groups in total. The topological polar surface area (TPSA) is 87.5 Å². The lowest BCUT2D eigenvalue weighted by Crippen LogP contribution is -2.28. The number of carbonyl (C=O) groups excluding carboxylic acids is 1. The Morgan fingerprint density at radius 3 is 2.12 bits per heavy atom. The molecule has 2 aromatic rings. The first-order valence-corrected chi connectivity index (χ1v) is 9.46. The van der Waals surface area contributed by atoms with Gasteiger partial charge in [-0.15, -0.1) is 0 Å². The van der Waals surface area contributed by atoms with Crippen LogP contribution in [-0.2, 0) is 19.6 Å². The van der Waals surface area contributed by atoms with E-state index < -0.39 is 10.0 Å². The highest BCUT2D eigenvalue weighted by Crippen LogP contribution is 2.23. The number of ether oxygens (including phenoxy) is 1. The van der Waals surface area contributed by atoms with Gasteiger partial charge in [0, 0.05) is 20.0 Å². The van der Waals surface area contributed by atoms with Gasteiger partial charge in [0.15, 0.2) is 0 Å². The maximum absolute atomic E-state index is 12.6. The molecule has 2 rings (SSSR count). The number of nitriles is 1. The Labute approximate surface area is 153 Å². The molecule has 7 heteroatoms. The van der Waals surface area contributed by atoms with Gasteiger partial charge in [-0.25, -0.2) is 12.7 Å². The van der Waals surface area contributed by atoms with E-state index in [0.29, 0.717) is 12.0 Å². The lowest BCUT2D eigenvalue weighted by Gasteiger charge is -2.17. The molecule has 6 nitrogen and oxygen atoms in total. The average Bonchev–Trinajstić information content (AvgIpc) is 2.67. The number of nitrogens with zero attached hydrogens (tertiary/aromatic N) is 2. The fourth-order valence-corrected chi connectivity index (χ4v) is 3.61. The van der Waals surface area contributed by atoms with Gasteiger partial charge in [-0.3, -0.25) is 4.79 Å². The third-order valence-electron chi connectivity index (χ3n) is 3.99. The number of sulfonamides is 1. The lowest BCUT2D eigenvalue weighted by molar-refractivity contribution is -0.140. The summed E-state index contributed by atoms with van der Waals surface area (Å²) in [5.41, 5.74) is 2.34. The van der Waals surface area contributed by atoms with E-state index in [0.717, 1.165) is 11.1 Å². The Hall–Kier alpha value is -2.69. The van der Waals surface area contributed by atoms with Crippen LogP contribution in [0, 0.1) is 11.3 Å². The van der Waals surface area contributed by atoms with E-state index in [4.69, 9.17) is 5.26 Å². The predicted molar refractivity (Wildman–Crippen MR) is 97.7 cm³/mol. The molecule has 0 radical (unpaired) electrons. The molecule has 0 atom stereocenters. The summed E-state index contributed by atoms with van der Waals surface area (Å²) in [6.07, 6.45) is 0.569. The van der Waals surface area contributed by atoms with Gasteiger partial charge in [-0.2, -0.15) is 5.26 Å². The van der Waals surface area contributed by atoms with Crippen LogP contribution < -0.4 is 0 Å². The van der Waals surface area contributed by atoms with Crippen molar-refractivity contribution in [1.82, 2.24) is 4.31 Å². The van der Waals surface area contributed by atoms with Gasteiger partial charge in [-0.05, 0) is 41.8 Å². The normalized spacial score (nSPS) is 11.2. The van der Waals surface area contributed by atoms with Crippen LogP contribution in [0.4, 0.5) is 0 Å². The van der Waals surface area contributed by atoms with Crippen molar-refractivity contribution < 1.29 is 17.9 Å². The third kappa shape index (κ3) is 4.69. The quantitative estimate of drug-likeness (QED) is 0.698. The molecule has 0 aliphatic carbocycles. The van der Waals surface area contributed by atoms with E-state index in [1.54, 1.807) is 36.4 Å². The fraction of sp³-hybridized carbons (Fsp3) is 0.263. The molecule has 0 saturated heterocycles. The zero-order valence-corrected chi connectivity index (χ0v) is 15.5. The minimum absolute atomic E-state index is 0.175. The van der Waals surface area contributed by atoms with Crippen molar-refractivity contribution in [1.29, 1.82) is 5.26 Å². The molecule has 0 unspecified atom stereocenters. The van der Waals surface area contributed by atoms with Crippen LogP contribution in [0.15, 0.2) is 53.4 Å². The highest BCUT2D eigenvalue weighted by molar-refractivity contribution is 7.89. The number of hydrogen-bond donors (Lipinski definition) is 0. The highest BCUT2D eigenvalue weighted by Gasteiger charge is 2.20. The van der Waals surface area contributed by atoms with Crippen molar-refractivity contribution in [2.24, 2.45) is 0 Å². The summed E-state index contributed by atoms with van der Waals surface area (Å²) >= 11 is 0. The van der Waals surface area contributed by atoms with Crippen LogP contribution in [0.2, 0.25) is 0 Å². The Kier molecular flexibility index (Phi) is 6.50. The van der Waals surface area contributed by atoms with E-state index in [2.05, 4.69) is 10.8 Å². The standard InChI is InChI=1S/C19H20N2O4S/c1-21(13-3-4-19(22)25-2)26(23,24)18-11-9-17(10-12-18)16-7-5-15(14-20)6-8-16/h5-12H,3-4,13H2,1-2H3. The molecule has 0 amide bonds. The Morgan fingerprint density at radius 1 is 1.08 bits per heavy atom. The second kappa shape index (κ2) is 8.61. The minimum Gasteiger partial charge on any atom is -0.469 e. The van der Waals surface area contributed by atoms with Crippen molar-refractivity contribution >= 4 is 16.0 Å². The number of rotatable bonds is 7. The number of methoxy groups -OCH3 is 1. The molecule has 2 aromatic carbocycles. The summed E-state index contributed by atoms with van der Waals surface area (Å²) in [5.74, 6) is -0.359. The van der Waals surface area contributed by atoms with Gasteiger partial charge < -0.3 is 4.74 Å². The smallest absolute Gasteiger partial charge is 0.305 e. The van der Waals surface area contributed by atoms with Crippen molar-refractivity contribution in [3.63, 3.8) is 0 Å². The molecule has 136 valence electrons. The van der Waals surface area contributed by atoms with Gasteiger partial charge in [0.25, 0.3) is 0 Å². The first-order chi connectivity index (χ1) is 12.4. The molecule has 0 aliphatic rings. The van der Waals surface area contributed by atoms with Crippen molar-refractivity contribution in [2.45, 2.75) is 17.7 Å². The Morgan fingerprint density at radius 2 is 1.62 bits per heavy atom. The number of hydrogen-bond acceptors (Lipinski definition) is 5. The van der Waals surface area contributed by atoms with E-state index in [-0.39, 0.29) is 23.8 Å². The van der Waals surface area contributed by atoms with E-state index in [1.165, 1.54) is 18.5 Å². The highest BCUT2D eigenvalue weighted by atomic mass is 32.2. The molecular formula is C19H20N2O4S. The third-order valence-corrected chi connectivity index (χ3v) is 5.86. The fourth-order valence-electron chi connectivity index (χ4n) is 2.40. The van der Waals surface area contributed by atoms with Gasteiger partial charge in [-0.1, -0.05) is 24.3 Å². The number of carbonyl (C=O) groups is 1. The van der Waals surface area contributed by atoms with Crippen LogP contribution in [0.25, 0.3) is 11.1 Å². The number of benzene rings is 2. The summed E-state index contributed by atoms with van der Waals surface area (Å²) in [6, 6.07) is 15.7. The molecule has 0 bridgehead atoms. The zero-order valence-electron chi connectivity index (χ0n) is 14.7. The maximum atomic E-state index is 12.6. The predicted octanol–water partition coefficient (Wildman–Crippen LogP) is 2.80. The second-order valence-electron chi connectivity index (χ2n) is 5.72. The van der Waals surface area contributed by atoms with E-state index >= 15 is 0 Å². The molecular weight excluding hydrogens is 352 g/mol. The molecule has 0 fully saturated rings. The largest absolute Gasteiger partial charge is 0.469 e. The summed E-state index contributed by atoms with van der Waals surface area (Å²) in [5, 5.41) is 8.84. The summed E-state index contributed by atoms with van der Waals surface area (Å²) in [7, 11) is -0.824. The molecule has 0 saturated carbocycles. The van der Waals surface area contributed by atoms with Crippen molar-refractivity contribution in [2.75, 3.05) is 20.7 Å². The van der Waals surface area contributed by atoms with Crippen LogP contribution >= 0.6 is 0 Å². The van der Waals surface area contributed by atoms with Crippen LogP contribution in [-0.4, -0.2) is 39.4 Å². The van der Waals surface area contributed by atoms with Crippen LogP contribution in [0.3, 0.4) is 0 Å². The van der Waals surface area contributed by atoms with Crippen LogP contribution in [0.5, 0.6) is 0 Å². The maximum Gasteiger partial charge on any atom is 0.305 e. The first-order valence-electron chi connectivity index (χ1n) is 8.02. The Balaban J connectivity index is 2.10. The van der Waals surface area contributed by atoms with Gasteiger partial charge in [0.1, 0.15) is 0 Å². The molecule has 0 heterocycles. The van der Waals surface area contributed by atoms with Crippen LogP contribution in [0.1, 0.15) is 18.4 Å². The summed E-state index contributed by atoms with van der Waals surface area (Å²) in [6.45, 7) is 0.231. The van der Waals surface area contributed by atoms with E-state index in [1.807, 2.05) is 12.1 Å². The molecule has 0 spiro atoms. The Bertz CT molecular complexity index is 898. The zero-order chi connectivity index (χ0) is 19.2. The van der Waals surface area contributed by atoms with Crippen molar-refractivity contribution in [3.05, 3.63) is 54.1 Å². The van der Waals surface area contributed by atoms with Crippen molar-refractivity contribution in [3.8, 4) is 17.2 Å². The summed E-state index contributed by atoms with van der Waals surface area (Å²) in [4.78, 5) is 11.3. The molecule has 0 aliphatic heterocycles. The molecule has 0 aromatic heterocycles. The second-order valence-corrected chi connectivity index (χ2v) is 7.76. The van der Waals surface area contributed by atoms with Gasteiger partial charge in [0.2, 0.25) is 10.0 Å². The molecule has 26 heavy (non-hydrogen) atoms. The monoisotopic (exact) mass is 372 g/mol. The minimum atomic E-state index is -3.62. The van der Waals surface area contributed by atoms with E-state index in [9.17, 15) is 13.2 Å². The summed E-state index contributed by atoms with van der Waals surface area (Å²) < 4.78 is 30.9. The number of esters is 1. The lowest BCUT2D eigenvalue weighted by atomic mass is 10.0. The van der Waals surface area contributed by atoms with Gasteiger partial charge >= 0.3 is 5.97 Å². The van der Waals surface area contributed by atoms with Gasteiger partial charge in [0.05, 0.1) is 23.6 Å². The average molecular weight is 372 g/mol. The SMILES string of the molecule is COC(=O)CCCN(C)S(=O)(=O)c1ccc(-c2ccc(C#N)cc2)cc1.